The number of hydrogen-bond acceptors (Lipinski definition) is 4. The highest BCUT2D eigenvalue weighted by molar-refractivity contribution is 5.49. The Hall–Kier alpha value is -2.02. The van der Waals surface area contributed by atoms with Gasteiger partial charge in [0.25, 0.3) is 0 Å². The van der Waals surface area contributed by atoms with Gasteiger partial charge in [-0.3, -0.25) is 0 Å². The molecule has 1 aromatic carbocycles. The van der Waals surface area contributed by atoms with Gasteiger partial charge in [0.05, 0.1) is 11.7 Å². The normalized spacial score (nSPS) is 11.0. The average Bonchev–Trinajstić information content (AvgIpc) is 2.22. The monoisotopic (exact) mass is 202 g/mol. The Bertz CT molecular complexity index is 413. The van der Waals surface area contributed by atoms with E-state index in [-0.39, 0.29) is 6.04 Å². The fraction of sp³-hybridized carbons (Fsp3) is 0.273. The van der Waals surface area contributed by atoms with Crippen LogP contribution in [0.5, 0.6) is 0 Å². The first-order valence-corrected chi connectivity index (χ1v) is 4.50. The summed E-state index contributed by atoms with van der Waals surface area (Å²) < 4.78 is 0. The second kappa shape index (κ2) is 5.66. The van der Waals surface area contributed by atoms with E-state index in [0.29, 0.717) is 12.1 Å². The molecular weight excluding hydrogens is 192 g/mol. The van der Waals surface area contributed by atoms with Crippen LogP contribution < -0.4 is 0 Å². The van der Waals surface area contributed by atoms with Crippen molar-refractivity contribution in [3.8, 4) is 0 Å². The molecule has 0 heterocycles. The van der Waals surface area contributed by atoms with Gasteiger partial charge in [0.15, 0.2) is 0 Å². The van der Waals surface area contributed by atoms with E-state index in [1.165, 1.54) is 12.2 Å². The minimum absolute atomic E-state index is 0.0806. The van der Waals surface area contributed by atoms with Gasteiger partial charge >= 0.3 is 0 Å². The molecule has 0 amide bonds. The molecular formula is C11H10N2O2. The molecule has 0 aliphatic rings. The summed E-state index contributed by atoms with van der Waals surface area (Å²) in [4.78, 5) is 27.0. The molecule has 0 fully saturated rings. The number of carbonyl (C=O) groups excluding carboxylic acids is 2. The van der Waals surface area contributed by atoms with Crippen LogP contribution in [0.1, 0.15) is 12.5 Å². The van der Waals surface area contributed by atoms with Crippen LogP contribution in [0.3, 0.4) is 0 Å². The van der Waals surface area contributed by atoms with Crippen LogP contribution in [0.15, 0.2) is 34.3 Å². The molecule has 0 aliphatic carbocycles. The van der Waals surface area contributed by atoms with Crippen molar-refractivity contribution in [3.05, 3.63) is 29.8 Å². The van der Waals surface area contributed by atoms with Crippen LogP contribution in [0, 0.1) is 0 Å². The summed E-state index contributed by atoms with van der Waals surface area (Å²) in [7, 11) is 0. The van der Waals surface area contributed by atoms with Crippen LogP contribution in [0.25, 0.3) is 0 Å². The second-order valence-corrected chi connectivity index (χ2v) is 3.14. The predicted octanol–water partition coefficient (Wildman–Crippen LogP) is 1.92. The van der Waals surface area contributed by atoms with E-state index in [1.807, 2.05) is 19.1 Å². The maximum atomic E-state index is 10.00. The predicted molar refractivity (Wildman–Crippen MR) is 55.5 cm³/mol. The summed E-state index contributed by atoms with van der Waals surface area (Å²) in [5.41, 5.74) is 1.60. The van der Waals surface area contributed by atoms with Crippen molar-refractivity contribution in [2.24, 2.45) is 9.98 Å². The van der Waals surface area contributed by atoms with Gasteiger partial charge in [-0.05, 0) is 31.0 Å². The number of nitrogens with zero attached hydrogens (tertiary/aromatic N) is 2. The Labute approximate surface area is 87.4 Å². The standard InChI is InChI=1S/C11H10N2O2/c1-9(12-7-14)6-10-2-4-11(5-3-10)13-8-15/h2-5,9H,6H2,1H3. The Kier molecular flexibility index (Phi) is 4.17. The smallest absolute Gasteiger partial charge is 0.211 e. The van der Waals surface area contributed by atoms with Gasteiger partial charge in [-0.15, -0.1) is 0 Å². The van der Waals surface area contributed by atoms with E-state index in [9.17, 15) is 9.59 Å². The van der Waals surface area contributed by atoms with E-state index in [4.69, 9.17) is 0 Å². The summed E-state index contributed by atoms with van der Waals surface area (Å²) >= 11 is 0. The molecule has 0 aliphatic heterocycles. The minimum Gasteiger partial charge on any atom is -0.211 e. The van der Waals surface area contributed by atoms with E-state index in [2.05, 4.69) is 9.98 Å². The van der Waals surface area contributed by atoms with Crippen molar-refractivity contribution >= 4 is 17.8 Å². The zero-order valence-corrected chi connectivity index (χ0v) is 8.30. The Morgan fingerprint density at radius 3 is 2.40 bits per heavy atom. The van der Waals surface area contributed by atoms with Crippen LogP contribution in [-0.4, -0.2) is 18.2 Å². The average molecular weight is 202 g/mol. The van der Waals surface area contributed by atoms with Crippen LogP contribution in [0.4, 0.5) is 5.69 Å². The van der Waals surface area contributed by atoms with Crippen molar-refractivity contribution in [2.45, 2.75) is 19.4 Å². The highest BCUT2D eigenvalue weighted by Crippen LogP contribution is 2.13. The Morgan fingerprint density at radius 2 is 1.87 bits per heavy atom. The number of benzene rings is 1. The molecule has 4 nitrogen and oxygen atoms in total. The molecule has 76 valence electrons. The van der Waals surface area contributed by atoms with Gasteiger partial charge in [0.1, 0.15) is 0 Å². The Morgan fingerprint density at radius 1 is 1.20 bits per heavy atom. The molecule has 0 N–H and O–H groups in total. The van der Waals surface area contributed by atoms with Crippen LogP contribution in [0.2, 0.25) is 0 Å². The van der Waals surface area contributed by atoms with Gasteiger partial charge < -0.3 is 0 Å². The molecule has 1 unspecified atom stereocenters. The zero-order chi connectivity index (χ0) is 11.1. The van der Waals surface area contributed by atoms with E-state index >= 15 is 0 Å². The zero-order valence-electron chi connectivity index (χ0n) is 8.30. The van der Waals surface area contributed by atoms with Gasteiger partial charge in [0.2, 0.25) is 12.2 Å². The highest BCUT2D eigenvalue weighted by Gasteiger charge is 2.00. The molecule has 0 radical (unpaired) electrons. The third-order valence-corrected chi connectivity index (χ3v) is 1.92. The fourth-order valence-corrected chi connectivity index (χ4v) is 1.24. The summed E-state index contributed by atoms with van der Waals surface area (Å²) in [6.45, 7) is 1.84. The SMILES string of the molecule is CC(Cc1ccc(N=C=O)cc1)N=C=O. The molecule has 0 spiro atoms. The molecule has 1 aromatic rings. The van der Waals surface area contributed by atoms with Crippen LogP contribution >= 0.6 is 0 Å². The molecule has 1 rings (SSSR count). The fourth-order valence-electron chi connectivity index (χ4n) is 1.24. The third-order valence-electron chi connectivity index (χ3n) is 1.92. The summed E-state index contributed by atoms with van der Waals surface area (Å²) in [6, 6.07) is 7.04. The largest absolute Gasteiger partial charge is 0.240 e. The maximum Gasteiger partial charge on any atom is 0.240 e. The van der Waals surface area contributed by atoms with Crippen molar-refractivity contribution in [1.82, 2.24) is 0 Å². The molecule has 15 heavy (non-hydrogen) atoms. The van der Waals surface area contributed by atoms with Gasteiger partial charge in [-0.25, -0.2) is 14.6 Å². The highest BCUT2D eigenvalue weighted by atomic mass is 16.1. The number of hydrogen-bond donors (Lipinski definition) is 0. The number of aliphatic imine (C=N–C) groups is 2. The van der Waals surface area contributed by atoms with Gasteiger partial charge in [-0.1, -0.05) is 12.1 Å². The van der Waals surface area contributed by atoms with Crippen LogP contribution in [-0.2, 0) is 16.0 Å². The van der Waals surface area contributed by atoms with E-state index in [1.54, 1.807) is 12.1 Å². The topological polar surface area (TPSA) is 58.9 Å². The molecule has 0 bridgehead atoms. The first kappa shape index (κ1) is 11.1. The molecule has 0 aromatic heterocycles. The lowest BCUT2D eigenvalue weighted by Crippen LogP contribution is -2.01. The van der Waals surface area contributed by atoms with Crippen molar-refractivity contribution in [3.63, 3.8) is 0 Å². The lowest BCUT2D eigenvalue weighted by Gasteiger charge is -2.03. The number of isocyanates is 2. The summed E-state index contributed by atoms with van der Waals surface area (Å²) in [6.07, 6.45) is 3.66. The van der Waals surface area contributed by atoms with Crippen molar-refractivity contribution in [1.29, 1.82) is 0 Å². The van der Waals surface area contributed by atoms with Crippen molar-refractivity contribution < 1.29 is 9.59 Å². The first-order valence-electron chi connectivity index (χ1n) is 4.50. The molecule has 0 saturated carbocycles. The quantitative estimate of drug-likeness (QED) is 0.553. The minimum atomic E-state index is -0.0806. The summed E-state index contributed by atoms with van der Waals surface area (Å²) in [5, 5.41) is 0. The lowest BCUT2D eigenvalue weighted by molar-refractivity contribution is 0.558. The molecule has 4 heteroatoms. The molecule has 1 atom stereocenters. The van der Waals surface area contributed by atoms with E-state index < -0.39 is 0 Å². The maximum absolute atomic E-state index is 10.00. The lowest BCUT2D eigenvalue weighted by atomic mass is 10.1. The third kappa shape index (κ3) is 3.69. The van der Waals surface area contributed by atoms with Gasteiger partial charge in [-0.2, -0.15) is 4.99 Å². The molecule has 0 saturated heterocycles. The first-order chi connectivity index (χ1) is 7.26. The van der Waals surface area contributed by atoms with Gasteiger partial charge in [0, 0.05) is 0 Å². The summed E-state index contributed by atoms with van der Waals surface area (Å²) in [5.74, 6) is 0. The Balaban J connectivity index is 2.71. The number of rotatable bonds is 4. The second-order valence-electron chi connectivity index (χ2n) is 3.14. The van der Waals surface area contributed by atoms with Crippen molar-refractivity contribution in [2.75, 3.05) is 0 Å². The van der Waals surface area contributed by atoms with E-state index in [0.717, 1.165) is 5.56 Å².